The minimum absolute atomic E-state index is 0.0757. The zero-order chi connectivity index (χ0) is 12.3. The summed E-state index contributed by atoms with van der Waals surface area (Å²) in [6.07, 6.45) is 3.57. The number of carbonyl (C=O) groups excluding carboxylic acids is 1. The van der Waals surface area contributed by atoms with Crippen molar-refractivity contribution in [2.45, 2.75) is 38.8 Å². The molecule has 0 saturated carbocycles. The van der Waals surface area contributed by atoms with Gasteiger partial charge in [-0.15, -0.1) is 5.10 Å². The number of hydrogen-bond donors (Lipinski definition) is 1. The predicted molar refractivity (Wildman–Crippen MR) is 67.1 cm³/mol. The maximum Gasteiger partial charge on any atom is 0.267 e. The Kier molecular flexibility index (Phi) is 4.06. The van der Waals surface area contributed by atoms with Crippen LogP contribution in [0.2, 0.25) is 0 Å². The summed E-state index contributed by atoms with van der Waals surface area (Å²) in [7, 11) is 0. The first-order valence-corrected chi connectivity index (χ1v) is 6.85. The van der Waals surface area contributed by atoms with Crippen molar-refractivity contribution in [3.63, 3.8) is 0 Å². The molecule has 2 atom stereocenters. The van der Waals surface area contributed by atoms with Crippen molar-refractivity contribution in [1.82, 2.24) is 19.8 Å². The summed E-state index contributed by atoms with van der Waals surface area (Å²) in [4.78, 5) is 14.9. The highest BCUT2D eigenvalue weighted by Crippen LogP contribution is 2.17. The van der Waals surface area contributed by atoms with Crippen molar-refractivity contribution >= 4 is 17.4 Å². The lowest BCUT2D eigenvalue weighted by Gasteiger charge is -2.39. The number of hydrogen-bond acceptors (Lipinski definition) is 5. The molecule has 0 bridgehead atoms. The number of rotatable bonds is 3. The number of piperazine rings is 1. The Morgan fingerprint density at radius 1 is 1.59 bits per heavy atom. The van der Waals surface area contributed by atoms with Gasteiger partial charge in [0.25, 0.3) is 5.91 Å². The van der Waals surface area contributed by atoms with Gasteiger partial charge in [-0.3, -0.25) is 4.79 Å². The van der Waals surface area contributed by atoms with E-state index in [1.54, 1.807) is 6.20 Å². The molecule has 1 aliphatic rings. The Hall–Kier alpha value is -1.01. The molecule has 6 heteroatoms. The zero-order valence-electron chi connectivity index (χ0n) is 10.2. The van der Waals surface area contributed by atoms with E-state index in [0.29, 0.717) is 10.9 Å². The standard InChI is InChI=1S/C11H18N4OS/c1-3-8-7-15(9(4-2)5-12-8)11(16)10-6-13-14-17-10/h6,8-9,12H,3-5,7H2,1-2H3. The summed E-state index contributed by atoms with van der Waals surface area (Å²) in [6.45, 7) is 5.92. The van der Waals surface area contributed by atoms with Gasteiger partial charge in [-0.05, 0) is 24.4 Å². The number of nitrogens with one attached hydrogen (secondary N) is 1. The first-order chi connectivity index (χ1) is 8.26. The highest BCUT2D eigenvalue weighted by atomic mass is 32.1. The van der Waals surface area contributed by atoms with E-state index in [0.717, 1.165) is 25.9 Å². The molecule has 0 spiro atoms. The minimum atomic E-state index is 0.0757. The second-order valence-electron chi connectivity index (χ2n) is 4.31. The number of carbonyl (C=O) groups is 1. The third kappa shape index (κ3) is 2.63. The summed E-state index contributed by atoms with van der Waals surface area (Å²) in [5.41, 5.74) is 0. The first-order valence-electron chi connectivity index (χ1n) is 6.08. The predicted octanol–water partition coefficient (Wildman–Crippen LogP) is 1.14. The molecule has 2 unspecified atom stereocenters. The van der Waals surface area contributed by atoms with E-state index < -0.39 is 0 Å². The van der Waals surface area contributed by atoms with Crippen LogP contribution < -0.4 is 5.32 Å². The van der Waals surface area contributed by atoms with Gasteiger partial charge in [-0.1, -0.05) is 18.3 Å². The summed E-state index contributed by atoms with van der Waals surface area (Å²) >= 11 is 1.17. The third-order valence-corrected chi connectivity index (χ3v) is 3.95. The Balaban J connectivity index is 2.12. The van der Waals surface area contributed by atoms with E-state index in [-0.39, 0.29) is 11.9 Å². The molecule has 17 heavy (non-hydrogen) atoms. The fraction of sp³-hybridized carbons (Fsp3) is 0.727. The molecule has 0 aliphatic carbocycles. The van der Waals surface area contributed by atoms with E-state index in [1.165, 1.54) is 11.5 Å². The van der Waals surface area contributed by atoms with Gasteiger partial charge in [-0.25, -0.2) is 0 Å². The number of aromatic nitrogens is 2. The molecule has 1 amide bonds. The van der Waals surface area contributed by atoms with Crippen molar-refractivity contribution in [2.75, 3.05) is 13.1 Å². The topological polar surface area (TPSA) is 58.1 Å². The largest absolute Gasteiger partial charge is 0.332 e. The van der Waals surface area contributed by atoms with Crippen LogP contribution in [0.25, 0.3) is 0 Å². The highest BCUT2D eigenvalue weighted by Gasteiger charge is 2.30. The Labute approximate surface area is 105 Å². The van der Waals surface area contributed by atoms with Crippen molar-refractivity contribution in [3.05, 3.63) is 11.1 Å². The fourth-order valence-electron chi connectivity index (χ4n) is 2.15. The average Bonchev–Trinajstić information content (AvgIpc) is 2.91. The molecule has 94 valence electrons. The lowest BCUT2D eigenvalue weighted by molar-refractivity contribution is 0.0580. The summed E-state index contributed by atoms with van der Waals surface area (Å²) < 4.78 is 3.76. The second kappa shape index (κ2) is 5.55. The molecule has 1 aromatic rings. The average molecular weight is 254 g/mol. The van der Waals surface area contributed by atoms with Gasteiger partial charge in [0.2, 0.25) is 0 Å². The van der Waals surface area contributed by atoms with Crippen molar-refractivity contribution < 1.29 is 4.79 Å². The van der Waals surface area contributed by atoms with Crippen LogP contribution in [0.1, 0.15) is 36.4 Å². The molecule has 1 aliphatic heterocycles. The Morgan fingerprint density at radius 3 is 3.00 bits per heavy atom. The minimum Gasteiger partial charge on any atom is -0.332 e. The van der Waals surface area contributed by atoms with Crippen LogP contribution in [-0.2, 0) is 0 Å². The molecule has 0 aromatic carbocycles. The molecule has 1 saturated heterocycles. The molecular formula is C11H18N4OS. The van der Waals surface area contributed by atoms with Crippen LogP contribution in [0.15, 0.2) is 6.20 Å². The molecule has 1 fully saturated rings. The van der Waals surface area contributed by atoms with Crippen LogP contribution in [0, 0.1) is 0 Å². The fourth-order valence-corrected chi connectivity index (χ4v) is 2.63. The van der Waals surface area contributed by atoms with Gasteiger partial charge >= 0.3 is 0 Å². The Bertz CT molecular complexity index is 368. The van der Waals surface area contributed by atoms with Crippen molar-refractivity contribution in [2.24, 2.45) is 0 Å². The Morgan fingerprint density at radius 2 is 2.41 bits per heavy atom. The van der Waals surface area contributed by atoms with E-state index in [9.17, 15) is 4.79 Å². The van der Waals surface area contributed by atoms with E-state index in [2.05, 4.69) is 28.8 Å². The SMILES string of the molecule is CCC1CN(C(=O)c2cnns2)C(CC)CN1. The molecular weight excluding hydrogens is 236 g/mol. The van der Waals surface area contributed by atoms with Gasteiger partial charge in [0, 0.05) is 25.2 Å². The highest BCUT2D eigenvalue weighted by molar-refractivity contribution is 7.07. The van der Waals surface area contributed by atoms with Gasteiger partial charge in [0.15, 0.2) is 0 Å². The van der Waals surface area contributed by atoms with Crippen molar-refractivity contribution in [3.8, 4) is 0 Å². The molecule has 1 aromatic heterocycles. The summed E-state index contributed by atoms with van der Waals surface area (Å²) in [5, 5.41) is 7.21. The maximum atomic E-state index is 12.3. The molecule has 2 rings (SSSR count). The second-order valence-corrected chi connectivity index (χ2v) is 5.10. The summed E-state index contributed by atoms with van der Waals surface area (Å²) in [5.74, 6) is 0.0757. The maximum absolute atomic E-state index is 12.3. The first kappa shape index (κ1) is 12.4. The van der Waals surface area contributed by atoms with Gasteiger partial charge in [0.05, 0.1) is 6.20 Å². The van der Waals surface area contributed by atoms with Crippen LogP contribution >= 0.6 is 11.5 Å². The van der Waals surface area contributed by atoms with Crippen LogP contribution in [0.5, 0.6) is 0 Å². The summed E-state index contributed by atoms with van der Waals surface area (Å²) in [6, 6.07) is 0.690. The molecule has 2 heterocycles. The molecule has 0 radical (unpaired) electrons. The van der Waals surface area contributed by atoms with Gasteiger partial charge in [0.1, 0.15) is 4.88 Å². The van der Waals surface area contributed by atoms with Gasteiger partial charge < -0.3 is 10.2 Å². The van der Waals surface area contributed by atoms with Crippen molar-refractivity contribution in [1.29, 1.82) is 0 Å². The molecule has 5 nitrogen and oxygen atoms in total. The van der Waals surface area contributed by atoms with Crippen LogP contribution in [0.4, 0.5) is 0 Å². The molecule has 1 N–H and O–H groups in total. The van der Waals surface area contributed by atoms with E-state index >= 15 is 0 Å². The normalized spacial score (nSPS) is 24.9. The zero-order valence-corrected chi connectivity index (χ0v) is 11.0. The van der Waals surface area contributed by atoms with Crippen LogP contribution in [0.3, 0.4) is 0 Å². The van der Waals surface area contributed by atoms with Gasteiger partial charge in [-0.2, -0.15) is 0 Å². The third-order valence-electron chi connectivity index (χ3n) is 3.30. The smallest absolute Gasteiger partial charge is 0.267 e. The number of nitrogens with zero attached hydrogens (tertiary/aromatic N) is 3. The lowest BCUT2D eigenvalue weighted by Crippen LogP contribution is -2.57. The van der Waals surface area contributed by atoms with Crippen LogP contribution in [-0.4, -0.2) is 45.6 Å². The quantitative estimate of drug-likeness (QED) is 0.879. The van der Waals surface area contributed by atoms with E-state index in [1.807, 2.05) is 4.90 Å². The van der Waals surface area contributed by atoms with E-state index in [4.69, 9.17) is 0 Å². The monoisotopic (exact) mass is 254 g/mol. The number of amides is 1. The lowest BCUT2D eigenvalue weighted by atomic mass is 10.1.